The minimum atomic E-state index is -0.330. The molecule has 1 saturated heterocycles. The molecule has 0 bridgehead atoms. The van der Waals surface area contributed by atoms with Crippen LogP contribution in [0.4, 0.5) is 9.18 Å². The topological polar surface area (TPSA) is 65.1 Å². The Kier molecular flexibility index (Phi) is 8.72. The van der Waals surface area contributed by atoms with Crippen molar-refractivity contribution in [1.29, 1.82) is 0 Å². The van der Waals surface area contributed by atoms with Crippen LogP contribution in [0.2, 0.25) is 0 Å². The first-order chi connectivity index (χ1) is 15.4. The third-order valence-electron chi connectivity index (χ3n) is 4.54. The summed E-state index contributed by atoms with van der Waals surface area (Å²) in [6.45, 7) is 3.22. The van der Waals surface area contributed by atoms with Gasteiger partial charge in [0.2, 0.25) is 0 Å². The van der Waals surface area contributed by atoms with Crippen LogP contribution in [-0.4, -0.2) is 42.9 Å². The average Bonchev–Trinajstić information content (AvgIpc) is 3.02. The first kappa shape index (κ1) is 24.3. The van der Waals surface area contributed by atoms with Crippen molar-refractivity contribution in [1.82, 2.24) is 4.90 Å². The molecule has 3 rings (SSSR count). The number of thioether (sulfide) groups is 1. The molecule has 1 heterocycles. The van der Waals surface area contributed by atoms with Crippen molar-refractivity contribution in [3.63, 3.8) is 0 Å². The zero-order chi connectivity index (χ0) is 23.1. The number of carbonyl (C=O) groups excluding carboxylic acids is 2. The SMILES string of the molecule is CCOc1cc(/C=C2/SC(=O)N(CCCOC)C2=O)c(Br)cc1OCc1cccc(F)c1. The molecule has 32 heavy (non-hydrogen) atoms. The fraction of sp³-hybridized carbons (Fsp3) is 0.304. The summed E-state index contributed by atoms with van der Waals surface area (Å²) in [5.74, 6) is 0.307. The second kappa shape index (κ2) is 11.5. The maximum atomic E-state index is 13.4. The van der Waals surface area contributed by atoms with Crippen molar-refractivity contribution in [2.45, 2.75) is 20.0 Å². The third kappa shape index (κ3) is 6.11. The van der Waals surface area contributed by atoms with Gasteiger partial charge in [0.05, 0.1) is 11.5 Å². The van der Waals surface area contributed by atoms with Crippen molar-refractivity contribution in [2.75, 3.05) is 26.9 Å². The Labute approximate surface area is 198 Å². The van der Waals surface area contributed by atoms with Gasteiger partial charge in [0, 0.05) is 24.7 Å². The molecule has 0 aromatic heterocycles. The monoisotopic (exact) mass is 523 g/mol. The van der Waals surface area contributed by atoms with E-state index in [1.807, 2.05) is 6.92 Å². The Morgan fingerprint density at radius 2 is 1.94 bits per heavy atom. The van der Waals surface area contributed by atoms with Crippen LogP contribution in [-0.2, 0) is 16.1 Å². The van der Waals surface area contributed by atoms with Crippen LogP contribution in [0.25, 0.3) is 6.08 Å². The van der Waals surface area contributed by atoms with E-state index in [1.54, 1.807) is 37.5 Å². The van der Waals surface area contributed by atoms with E-state index in [1.165, 1.54) is 17.0 Å². The molecule has 2 amide bonds. The molecule has 6 nitrogen and oxygen atoms in total. The van der Waals surface area contributed by atoms with Crippen LogP contribution in [0.3, 0.4) is 0 Å². The quantitative estimate of drug-likeness (QED) is 0.296. The number of imide groups is 1. The lowest BCUT2D eigenvalue weighted by Crippen LogP contribution is -2.29. The number of amides is 2. The Bertz CT molecular complexity index is 1030. The summed E-state index contributed by atoms with van der Waals surface area (Å²) < 4.78 is 30.6. The number of carbonyl (C=O) groups is 2. The van der Waals surface area contributed by atoms with Gasteiger partial charge >= 0.3 is 0 Å². The largest absolute Gasteiger partial charge is 0.490 e. The predicted molar refractivity (Wildman–Crippen MR) is 125 cm³/mol. The zero-order valence-corrected chi connectivity index (χ0v) is 20.1. The fourth-order valence-corrected chi connectivity index (χ4v) is 4.32. The molecule has 0 saturated carbocycles. The first-order valence-corrected chi connectivity index (χ1v) is 11.6. The van der Waals surface area contributed by atoms with Crippen LogP contribution >= 0.6 is 27.7 Å². The highest BCUT2D eigenvalue weighted by Crippen LogP contribution is 2.38. The van der Waals surface area contributed by atoms with Gasteiger partial charge < -0.3 is 14.2 Å². The summed E-state index contributed by atoms with van der Waals surface area (Å²) in [7, 11) is 1.58. The number of nitrogens with zero attached hydrogens (tertiary/aromatic N) is 1. The van der Waals surface area contributed by atoms with E-state index >= 15 is 0 Å². The Hall–Kier alpha value is -2.36. The second-order valence-electron chi connectivity index (χ2n) is 6.85. The number of rotatable bonds is 10. The fourth-order valence-electron chi connectivity index (χ4n) is 3.03. The molecular weight excluding hydrogens is 501 g/mol. The number of halogens is 2. The maximum absolute atomic E-state index is 13.4. The number of benzene rings is 2. The second-order valence-corrected chi connectivity index (χ2v) is 8.70. The van der Waals surface area contributed by atoms with Gasteiger partial charge in [0.1, 0.15) is 12.4 Å². The Balaban J connectivity index is 1.81. The summed E-state index contributed by atoms with van der Waals surface area (Å²) in [6, 6.07) is 9.66. The lowest BCUT2D eigenvalue weighted by molar-refractivity contribution is -0.122. The minimum Gasteiger partial charge on any atom is -0.490 e. The lowest BCUT2D eigenvalue weighted by Gasteiger charge is -2.14. The van der Waals surface area contributed by atoms with Crippen LogP contribution in [0, 0.1) is 5.82 Å². The number of hydrogen-bond acceptors (Lipinski definition) is 6. The molecule has 0 radical (unpaired) electrons. The van der Waals surface area contributed by atoms with E-state index in [0.29, 0.717) is 58.2 Å². The van der Waals surface area contributed by atoms with Crippen molar-refractivity contribution < 1.29 is 28.2 Å². The van der Waals surface area contributed by atoms with Gasteiger partial charge in [-0.15, -0.1) is 0 Å². The summed E-state index contributed by atoms with van der Waals surface area (Å²) in [5, 5.41) is -0.298. The van der Waals surface area contributed by atoms with Crippen molar-refractivity contribution in [3.8, 4) is 11.5 Å². The molecular formula is C23H23BrFNO5S. The van der Waals surface area contributed by atoms with E-state index < -0.39 is 0 Å². The van der Waals surface area contributed by atoms with Gasteiger partial charge in [-0.3, -0.25) is 14.5 Å². The lowest BCUT2D eigenvalue weighted by atomic mass is 10.1. The molecule has 9 heteroatoms. The van der Waals surface area contributed by atoms with Crippen LogP contribution in [0.1, 0.15) is 24.5 Å². The molecule has 170 valence electrons. The number of hydrogen-bond donors (Lipinski definition) is 0. The molecule has 2 aromatic carbocycles. The third-order valence-corrected chi connectivity index (χ3v) is 6.13. The van der Waals surface area contributed by atoms with E-state index in [2.05, 4.69) is 15.9 Å². The summed E-state index contributed by atoms with van der Waals surface area (Å²) in [4.78, 5) is 26.5. The molecule has 2 aromatic rings. The van der Waals surface area contributed by atoms with Crippen molar-refractivity contribution >= 4 is 44.9 Å². The Morgan fingerprint density at radius 1 is 1.16 bits per heavy atom. The summed E-state index contributed by atoms with van der Waals surface area (Å²) >= 11 is 4.41. The van der Waals surface area contributed by atoms with Crippen LogP contribution < -0.4 is 9.47 Å². The van der Waals surface area contributed by atoms with Crippen molar-refractivity contribution in [3.05, 3.63) is 62.7 Å². The van der Waals surface area contributed by atoms with Gasteiger partial charge in [0.25, 0.3) is 11.1 Å². The maximum Gasteiger partial charge on any atom is 0.293 e. The highest BCUT2D eigenvalue weighted by atomic mass is 79.9. The normalized spacial score (nSPS) is 15.0. The van der Waals surface area contributed by atoms with Crippen molar-refractivity contribution in [2.24, 2.45) is 0 Å². The van der Waals surface area contributed by atoms with E-state index in [0.717, 1.165) is 11.8 Å². The molecule has 0 unspecified atom stereocenters. The Morgan fingerprint density at radius 3 is 2.66 bits per heavy atom. The minimum absolute atomic E-state index is 0.171. The summed E-state index contributed by atoms with van der Waals surface area (Å²) in [5.41, 5.74) is 1.36. The number of ether oxygens (including phenoxy) is 3. The van der Waals surface area contributed by atoms with Gasteiger partial charge in [0.15, 0.2) is 11.5 Å². The molecule has 1 fully saturated rings. The molecule has 0 aliphatic carbocycles. The van der Waals surface area contributed by atoms with E-state index in [-0.39, 0.29) is 23.6 Å². The van der Waals surface area contributed by atoms with Gasteiger partial charge in [-0.25, -0.2) is 4.39 Å². The molecule has 0 atom stereocenters. The molecule has 1 aliphatic rings. The van der Waals surface area contributed by atoms with Gasteiger partial charge in [-0.05, 0) is 66.6 Å². The van der Waals surface area contributed by atoms with Crippen LogP contribution in [0.5, 0.6) is 11.5 Å². The molecule has 0 N–H and O–H groups in total. The van der Waals surface area contributed by atoms with Crippen LogP contribution in [0.15, 0.2) is 45.8 Å². The highest BCUT2D eigenvalue weighted by Gasteiger charge is 2.34. The highest BCUT2D eigenvalue weighted by molar-refractivity contribution is 9.10. The predicted octanol–water partition coefficient (Wildman–Crippen LogP) is 5.64. The molecule has 1 aliphatic heterocycles. The van der Waals surface area contributed by atoms with E-state index in [9.17, 15) is 14.0 Å². The number of methoxy groups -OCH3 is 1. The average molecular weight is 524 g/mol. The van der Waals surface area contributed by atoms with Gasteiger partial charge in [-0.1, -0.05) is 28.1 Å². The smallest absolute Gasteiger partial charge is 0.293 e. The standard InChI is InChI=1S/C23H23BrFNO5S/c1-3-30-19-11-16(12-21-22(27)26(23(28)32-21)8-5-9-29-2)18(24)13-20(19)31-14-15-6-4-7-17(25)10-15/h4,6-7,10-13H,3,5,8-9,14H2,1-2H3/b21-12+. The summed E-state index contributed by atoms with van der Waals surface area (Å²) in [6.07, 6.45) is 2.24. The van der Waals surface area contributed by atoms with E-state index in [4.69, 9.17) is 14.2 Å². The molecule has 0 spiro atoms. The first-order valence-electron chi connectivity index (χ1n) is 10.0. The van der Waals surface area contributed by atoms with Gasteiger partial charge in [-0.2, -0.15) is 0 Å². The zero-order valence-electron chi connectivity index (χ0n) is 17.7.